The Labute approximate surface area is 86.2 Å². The first-order valence-corrected chi connectivity index (χ1v) is 4.92. The second-order valence-electron chi connectivity index (χ2n) is 4.14. The summed E-state index contributed by atoms with van der Waals surface area (Å²) < 4.78 is 4.93. The zero-order valence-corrected chi connectivity index (χ0v) is 9.76. The highest BCUT2D eigenvalue weighted by atomic mass is 16.5. The summed E-state index contributed by atoms with van der Waals surface area (Å²) in [5.41, 5.74) is 5.29. The molecule has 0 heterocycles. The maximum absolute atomic E-state index is 11.6. The molecule has 3 N–H and O–H groups in total. The van der Waals surface area contributed by atoms with E-state index in [4.69, 9.17) is 10.5 Å². The van der Waals surface area contributed by atoms with Gasteiger partial charge in [-0.1, -0.05) is 13.8 Å². The average Bonchev–Trinajstić information content (AvgIpc) is 2.15. The number of hydrogen-bond donors (Lipinski definition) is 2. The molecule has 0 aromatic rings. The van der Waals surface area contributed by atoms with Gasteiger partial charge in [0.1, 0.15) is 6.10 Å². The summed E-state index contributed by atoms with van der Waals surface area (Å²) in [5.74, 6) is 0.176. The van der Waals surface area contributed by atoms with Gasteiger partial charge in [0.2, 0.25) is 5.91 Å². The van der Waals surface area contributed by atoms with E-state index >= 15 is 0 Å². The molecule has 0 rings (SSSR count). The number of amides is 1. The summed E-state index contributed by atoms with van der Waals surface area (Å²) in [6.45, 7) is 8.15. The Bertz CT molecular complexity index is 195. The predicted octanol–water partition coefficient (Wildman–Crippen LogP) is 0.511. The maximum atomic E-state index is 11.6. The molecule has 14 heavy (non-hydrogen) atoms. The van der Waals surface area contributed by atoms with E-state index in [9.17, 15) is 4.79 Å². The molecule has 84 valence electrons. The van der Waals surface area contributed by atoms with E-state index < -0.39 is 6.10 Å². The van der Waals surface area contributed by atoms with Crippen molar-refractivity contribution in [2.24, 2.45) is 11.7 Å². The second kappa shape index (κ2) is 5.32. The quantitative estimate of drug-likeness (QED) is 0.682. The van der Waals surface area contributed by atoms with Crippen LogP contribution in [-0.2, 0) is 9.53 Å². The molecule has 2 unspecified atom stereocenters. The minimum absolute atomic E-state index is 0.117. The van der Waals surface area contributed by atoms with Crippen molar-refractivity contribution < 1.29 is 9.53 Å². The molecule has 0 aromatic carbocycles. The Balaban J connectivity index is 4.39. The SMILES string of the molecule is COC(C)C(=O)NC(C)(CN)C(C)C. The number of carbonyl (C=O) groups is 1. The molecule has 1 amide bonds. The third-order valence-corrected chi connectivity index (χ3v) is 2.83. The van der Waals surface area contributed by atoms with E-state index in [-0.39, 0.29) is 11.4 Å². The number of nitrogens with two attached hydrogens (primary N) is 1. The topological polar surface area (TPSA) is 64.3 Å². The normalized spacial score (nSPS) is 17.6. The Morgan fingerprint density at radius 3 is 2.29 bits per heavy atom. The first kappa shape index (κ1) is 13.4. The van der Waals surface area contributed by atoms with Crippen LogP contribution in [0.15, 0.2) is 0 Å². The Morgan fingerprint density at radius 2 is 2.00 bits per heavy atom. The summed E-state index contributed by atoms with van der Waals surface area (Å²) in [5, 5.41) is 2.90. The van der Waals surface area contributed by atoms with Crippen LogP contribution in [0.1, 0.15) is 27.7 Å². The van der Waals surface area contributed by atoms with E-state index in [0.717, 1.165) is 0 Å². The summed E-state index contributed by atoms with van der Waals surface area (Å²) >= 11 is 0. The summed E-state index contributed by atoms with van der Waals surface area (Å²) in [7, 11) is 1.51. The van der Waals surface area contributed by atoms with Gasteiger partial charge in [-0.05, 0) is 19.8 Å². The summed E-state index contributed by atoms with van der Waals surface area (Å²) in [6, 6.07) is 0. The summed E-state index contributed by atoms with van der Waals surface area (Å²) in [4.78, 5) is 11.6. The number of ether oxygens (including phenoxy) is 1. The molecule has 0 saturated carbocycles. The Morgan fingerprint density at radius 1 is 1.50 bits per heavy atom. The molecular weight excluding hydrogens is 180 g/mol. The Hall–Kier alpha value is -0.610. The maximum Gasteiger partial charge on any atom is 0.249 e. The van der Waals surface area contributed by atoms with Gasteiger partial charge < -0.3 is 15.8 Å². The highest BCUT2D eigenvalue weighted by Crippen LogP contribution is 2.14. The van der Waals surface area contributed by atoms with Crippen molar-refractivity contribution in [2.75, 3.05) is 13.7 Å². The third-order valence-electron chi connectivity index (χ3n) is 2.83. The molecule has 0 aliphatic heterocycles. The molecule has 0 aliphatic rings. The monoisotopic (exact) mass is 202 g/mol. The van der Waals surface area contributed by atoms with E-state index in [0.29, 0.717) is 12.5 Å². The van der Waals surface area contributed by atoms with Crippen LogP contribution in [0, 0.1) is 5.92 Å². The van der Waals surface area contributed by atoms with Crippen LogP contribution in [0.25, 0.3) is 0 Å². The minimum Gasteiger partial charge on any atom is -0.372 e. The fourth-order valence-corrected chi connectivity index (χ4v) is 0.921. The standard InChI is InChI=1S/C10H22N2O2/c1-7(2)10(4,6-11)12-9(13)8(3)14-5/h7-8H,6,11H2,1-5H3,(H,12,13). The molecule has 0 radical (unpaired) electrons. The first-order chi connectivity index (χ1) is 6.37. The van der Waals surface area contributed by atoms with Gasteiger partial charge in [0.25, 0.3) is 0 Å². The summed E-state index contributed by atoms with van der Waals surface area (Å²) in [6.07, 6.45) is -0.431. The van der Waals surface area contributed by atoms with Gasteiger partial charge >= 0.3 is 0 Å². The molecule has 4 heteroatoms. The largest absolute Gasteiger partial charge is 0.372 e. The molecule has 0 aromatic heterocycles. The van der Waals surface area contributed by atoms with Crippen LogP contribution in [0.3, 0.4) is 0 Å². The molecule has 0 spiro atoms. The van der Waals surface area contributed by atoms with E-state index in [2.05, 4.69) is 5.32 Å². The molecular formula is C10H22N2O2. The van der Waals surface area contributed by atoms with Gasteiger partial charge in [-0.2, -0.15) is 0 Å². The number of carbonyl (C=O) groups excluding carboxylic acids is 1. The van der Waals surface area contributed by atoms with Gasteiger partial charge in [0, 0.05) is 13.7 Å². The van der Waals surface area contributed by atoms with Crippen molar-refractivity contribution in [3.8, 4) is 0 Å². The molecule has 0 fully saturated rings. The van der Waals surface area contributed by atoms with E-state index in [1.807, 2.05) is 20.8 Å². The van der Waals surface area contributed by atoms with Gasteiger partial charge in [-0.15, -0.1) is 0 Å². The molecule has 0 saturated heterocycles. The second-order valence-corrected chi connectivity index (χ2v) is 4.14. The minimum atomic E-state index is -0.431. The first-order valence-electron chi connectivity index (χ1n) is 4.92. The highest BCUT2D eigenvalue weighted by molar-refractivity contribution is 5.81. The van der Waals surface area contributed by atoms with Crippen LogP contribution in [0.5, 0.6) is 0 Å². The van der Waals surface area contributed by atoms with E-state index in [1.165, 1.54) is 7.11 Å². The molecule has 0 aliphatic carbocycles. The van der Waals surface area contributed by atoms with E-state index in [1.54, 1.807) is 6.92 Å². The fraction of sp³-hybridized carbons (Fsp3) is 0.900. The van der Waals surface area contributed by atoms with Crippen LogP contribution in [-0.4, -0.2) is 31.2 Å². The highest BCUT2D eigenvalue weighted by Gasteiger charge is 2.29. The van der Waals surface area contributed by atoms with Crippen molar-refractivity contribution in [1.29, 1.82) is 0 Å². The van der Waals surface area contributed by atoms with Gasteiger partial charge in [-0.3, -0.25) is 4.79 Å². The zero-order valence-electron chi connectivity index (χ0n) is 9.76. The lowest BCUT2D eigenvalue weighted by atomic mass is 9.88. The van der Waals surface area contributed by atoms with Crippen LogP contribution >= 0.6 is 0 Å². The van der Waals surface area contributed by atoms with Crippen molar-refractivity contribution in [3.63, 3.8) is 0 Å². The smallest absolute Gasteiger partial charge is 0.249 e. The van der Waals surface area contributed by atoms with Crippen molar-refractivity contribution in [1.82, 2.24) is 5.32 Å². The number of hydrogen-bond acceptors (Lipinski definition) is 3. The van der Waals surface area contributed by atoms with Gasteiger partial charge in [-0.25, -0.2) is 0 Å². The van der Waals surface area contributed by atoms with Gasteiger partial charge in [0.05, 0.1) is 5.54 Å². The van der Waals surface area contributed by atoms with Crippen LogP contribution in [0.2, 0.25) is 0 Å². The lowest BCUT2D eigenvalue weighted by Gasteiger charge is -2.34. The molecule has 0 bridgehead atoms. The van der Waals surface area contributed by atoms with Crippen LogP contribution in [0.4, 0.5) is 0 Å². The molecule has 4 nitrogen and oxygen atoms in total. The number of methoxy groups -OCH3 is 1. The van der Waals surface area contributed by atoms with Crippen LogP contribution < -0.4 is 11.1 Å². The van der Waals surface area contributed by atoms with Crippen molar-refractivity contribution >= 4 is 5.91 Å². The third kappa shape index (κ3) is 3.27. The van der Waals surface area contributed by atoms with Crippen molar-refractivity contribution in [3.05, 3.63) is 0 Å². The Kier molecular flexibility index (Phi) is 5.08. The zero-order chi connectivity index (χ0) is 11.4. The van der Waals surface area contributed by atoms with Crippen molar-refractivity contribution in [2.45, 2.75) is 39.3 Å². The fourth-order valence-electron chi connectivity index (χ4n) is 0.921. The molecule has 2 atom stereocenters. The number of nitrogens with one attached hydrogen (secondary N) is 1. The average molecular weight is 202 g/mol. The van der Waals surface area contributed by atoms with Gasteiger partial charge in [0.15, 0.2) is 0 Å². The lowest BCUT2D eigenvalue weighted by molar-refractivity contribution is -0.132. The lowest BCUT2D eigenvalue weighted by Crippen LogP contribution is -2.57. The predicted molar refractivity (Wildman–Crippen MR) is 56.9 cm³/mol. The number of rotatable bonds is 5.